The van der Waals surface area contributed by atoms with Crippen LogP contribution in [0, 0.1) is 5.41 Å². The Bertz CT molecular complexity index is 1710. The highest BCUT2D eigenvalue weighted by atomic mass is 16.5. The summed E-state index contributed by atoms with van der Waals surface area (Å²) in [6.45, 7) is 13.4. The molecule has 50 heavy (non-hydrogen) atoms. The highest BCUT2D eigenvalue weighted by molar-refractivity contribution is 5.77. The fourth-order valence-corrected chi connectivity index (χ4v) is 5.66. The number of carbonyl (C=O) groups is 4. The third kappa shape index (κ3) is 13.3. The third-order valence-electron chi connectivity index (χ3n) is 8.15. The summed E-state index contributed by atoms with van der Waals surface area (Å²) in [5.74, 6) is -2.19. The van der Waals surface area contributed by atoms with Gasteiger partial charge in [0.25, 0.3) is 0 Å². The van der Waals surface area contributed by atoms with Crippen LogP contribution in [0.2, 0.25) is 0 Å². The maximum absolute atomic E-state index is 12.6. The first-order chi connectivity index (χ1) is 23.6. The normalized spacial score (nSPS) is 15.8. The van der Waals surface area contributed by atoms with Gasteiger partial charge in [0.15, 0.2) is 0 Å². The van der Waals surface area contributed by atoms with Crippen LogP contribution in [0.25, 0.3) is 12.2 Å². The molecule has 0 bridgehead atoms. The molecule has 8 nitrogen and oxygen atoms in total. The molecule has 264 valence electrons. The Morgan fingerprint density at radius 1 is 0.820 bits per heavy atom. The van der Waals surface area contributed by atoms with Gasteiger partial charge in [-0.15, -0.1) is 0 Å². The molecule has 1 aliphatic carbocycles. The lowest BCUT2D eigenvalue weighted by atomic mass is 9.72. The topological polar surface area (TPSA) is 116 Å². The molecule has 0 fully saturated rings. The summed E-state index contributed by atoms with van der Waals surface area (Å²) in [5.41, 5.74) is 7.19. The van der Waals surface area contributed by atoms with Crippen LogP contribution >= 0.6 is 0 Å². The Balaban J connectivity index is 1.81. The summed E-state index contributed by atoms with van der Waals surface area (Å²) in [7, 11) is 0. The van der Waals surface area contributed by atoms with E-state index in [1.807, 2.05) is 61.6 Å². The van der Waals surface area contributed by atoms with Gasteiger partial charge in [0, 0.05) is 19.9 Å². The number of carboxylic acid groups (broad SMARTS) is 1. The first-order valence-electron chi connectivity index (χ1n) is 16.7. The van der Waals surface area contributed by atoms with Gasteiger partial charge in [-0.1, -0.05) is 97.4 Å². The van der Waals surface area contributed by atoms with E-state index in [1.165, 1.54) is 43.9 Å². The maximum Gasteiger partial charge on any atom is 0.308 e. The van der Waals surface area contributed by atoms with Gasteiger partial charge in [0.2, 0.25) is 0 Å². The summed E-state index contributed by atoms with van der Waals surface area (Å²) >= 11 is 0. The van der Waals surface area contributed by atoms with Crippen molar-refractivity contribution in [3.05, 3.63) is 118 Å². The monoisotopic (exact) mass is 680 g/mol. The van der Waals surface area contributed by atoms with E-state index >= 15 is 0 Å². The number of carboxylic acids is 1. The first kappa shape index (κ1) is 39.2. The fourth-order valence-electron chi connectivity index (χ4n) is 5.66. The molecule has 0 amide bonds. The highest BCUT2D eigenvalue weighted by Gasteiger charge is 2.26. The molecule has 0 heterocycles. The quantitative estimate of drug-likeness (QED) is 0.0908. The average molecular weight is 681 g/mol. The second-order valence-electron chi connectivity index (χ2n) is 13.2. The number of ether oxygens (including phenoxy) is 3. The van der Waals surface area contributed by atoms with Crippen molar-refractivity contribution in [1.82, 2.24) is 0 Å². The van der Waals surface area contributed by atoms with Crippen LogP contribution in [0.5, 0.6) is 11.5 Å². The van der Waals surface area contributed by atoms with Gasteiger partial charge in [0.05, 0.1) is 12.8 Å². The van der Waals surface area contributed by atoms with E-state index in [0.29, 0.717) is 11.1 Å². The molecule has 0 aliphatic heterocycles. The van der Waals surface area contributed by atoms with Gasteiger partial charge in [0.1, 0.15) is 17.6 Å². The minimum atomic E-state index is -1.07. The number of rotatable bonds is 14. The summed E-state index contributed by atoms with van der Waals surface area (Å²) in [5, 5.41) is 9.03. The third-order valence-corrected chi connectivity index (χ3v) is 8.15. The summed E-state index contributed by atoms with van der Waals surface area (Å²) in [6, 6.07) is 12.1. The lowest BCUT2D eigenvalue weighted by Gasteiger charge is -2.32. The molecule has 0 saturated carbocycles. The van der Waals surface area contributed by atoms with E-state index in [1.54, 1.807) is 18.2 Å². The van der Waals surface area contributed by atoms with Crippen molar-refractivity contribution in [3.63, 3.8) is 0 Å². The van der Waals surface area contributed by atoms with Crippen molar-refractivity contribution >= 4 is 36.0 Å². The second kappa shape index (κ2) is 18.5. The standard InChI is InChI=1S/C42H48O8/c1-28(13-20-38-30(3)12-9-23-42(38,6)7)10-8-11-29(2)24-39(50-41(47)22-21-40(45)46)35-18-16-33(17-19-35)14-15-34-25-36(48-31(4)43)27-37(26-34)49-32(5)44/h8,10-11,13-20,24-27,39H,9,12,21-23H2,1-7H3,(H,45,46). The predicted octanol–water partition coefficient (Wildman–Crippen LogP) is 9.69. The number of hydrogen-bond donors (Lipinski definition) is 1. The second-order valence-corrected chi connectivity index (χ2v) is 13.2. The predicted molar refractivity (Wildman–Crippen MR) is 196 cm³/mol. The molecular formula is C42H48O8. The number of hydrogen-bond acceptors (Lipinski definition) is 7. The lowest BCUT2D eigenvalue weighted by Crippen LogP contribution is -2.19. The van der Waals surface area contributed by atoms with Crippen LogP contribution in [-0.2, 0) is 23.9 Å². The Morgan fingerprint density at radius 3 is 2.02 bits per heavy atom. The molecule has 1 aliphatic rings. The molecule has 0 saturated heterocycles. The van der Waals surface area contributed by atoms with Gasteiger partial charge in [-0.25, -0.2) is 0 Å². The van der Waals surface area contributed by atoms with Crippen LogP contribution in [0.15, 0.2) is 101 Å². The lowest BCUT2D eigenvalue weighted by molar-refractivity contribution is -0.150. The van der Waals surface area contributed by atoms with Crippen LogP contribution < -0.4 is 9.47 Å². The van der Waals surface area contributed by atoms with Crippen molar-refractivity contribution in [2.45, 2.75) is 86.7 Å². The van der Waals surface area contributed by atoms with E-state index < -0.39 is 30.0 Å². The Labute approximate surface area is 295 Å². The van der Waals surface area contributed by atoms with Gasteiger partial charge < -0.3 is 19.3 Å². The zero-order chi connectivity index (χ0) is 36.8. The first-order valence-corrected chi connectivity index (χ1v) is 16.7. The molecule has 2 aromatic rings. The minimum absolute atomic E-state index is 0.175. The number of aliphatic carboxylic acids is 1. The van der Waals surface area contributed by atoms with Gasteiger partial charge in [-0.2, -0.15) is 0 Å². The molecule has 1 N–H and O–H groups in total. The van der Waals surface area contributed by atoms with Crippen molar-refractivity contribution < 1.29 is 38.5 Å². The van der Waals surface area contributed by atoms with Gasteiger partial charge in [-0.3, -0.25) is 19.2 Å². The van der Waals surface area contributed by atoms with E-state index in [9.17, 15) is 19.2 Å². The molecule has 0 aromatic heterocycles. The molecule has 3 rings (SSSR count). The summed E-state index contributed by atoms with van der Waals surface area (Å²) in [4.78, 5) is 46.6. The molecule has 8 heteroatoms. The number of carbonyl (C=O) groups excluding carboxylic acids is 3. The minimum Gasteiger partial charge on any atom is -0.481 e. The van der Waals surface area contributed by atoms with Crippen molar-refractivity contribution in [1.29, 1.82) is 0 Å². The SMILES string of the molecule is CC(=O)Oc1cc(C=Cc2ccc(C(C=C(C)C=CC=C(C)C=CC3=C(C)CCCC3(C)C)OC(=O)CCC(=O)O)cc2)cc(OC(C)=O)c1. The molecule has 1 unspecified atom stereocenters. The van der Waals surface area contributed by atoms with Gasteiger partial charge in [-0.05, 0) is 85.9 Å². The highest BCUT2D eigenvalue weighted by Crippen LogP contribution is 2.40. The van der Waals surface area contributed by atoms with Gasteiger partial charge >= 0.3 is 23.9 Å². The zero-order valence-corrected chi connectivity index (χ0v) is 30.1. The maximum atomic E-state index is 12.6. The molecule has 0 radical (unpaired) electrons. The number of esters is 3. The largest absolute Gasteiger partial charge is 0.481 e. The van der Waals surface area contributed by atoms with E-state index in [2.05, 4.69) is 39.8 Å². The summed E-state index contributed by atoms with van der Waals surface area (Å²) in [6.07, 6.45) is 18.0. The zero-order valence-electron chi connectivity index (χ0n) is 30.1. The van der Waals surface area contributed by atoms with Crippen LogP contribution in [0.1, 0.15) is 103 Å². The van der Waals surface area contributed by atoms with Crippen molar-refractivity contribution in [3.8, 4) is 11.5 Å². The number of benzene rings is 2. The molecule has 1 atom stereocenters. The number of allylic oxidation sites excluding steroid dienone is 9. The average Bonchev–Trinajstić information content (AvgIpc) is 3.01. The Morgan fingerprint density at radius 2 is 1.44 bits per heavy atom. The Hall–Kier alpha value is -5.24. The van der Waals surface area contributed by atoms with E-state index in [0.717, 1.165) is 23.1 Å². The van der Waals surface area contributed by atoms with Crippen LogP contribution in [0.4, 0.5) is 0 Å². The fraction of sp³-hybridized carbons (Fsp3) is 0.333. The van der Waals surface area contributed by atoms with E-state index in [-0.39, 0.29) is 29.8 Å². The molecular weight excluding hydrogens is 632 g/mol. The Kier molecular flexibility index (Phi) is 14.5. The van der Waals surface area contributed by atoms with Crippen molar-refractivity contribution in [2.24, 2.45) is 5.41 Å². The van der Waals surface area contributed by atoms with Crippen molar-refractivity contribution in [2.75, 3.05) is 0 Å². The van der Waals surface area contributed by atoms with E-state index in [4.69, 9.17) is 19.3 Å². The molecule has 0 spiro atoms. The summed E-state index contributed by atoms with van der Waals surface area (Å²) < 4.78 is 16.1. The smallest absolute Gasteiger partial charge is 0.308 e. The molecule has 2 aromatic carbocycles. The van der Waals surface area contributed by atoms with Crippen LogP contribution in [-0.4, -0.2) is 29.0 Å². The van der Waals surface area contributed by atoms with Crippen LogP contribution in [0.3, 0.4) is 0 Å².